The highest BCUT2D eigenvalue weighted by molar-refractivity contribution is 5.89. The van der Waals surface area contributed by atoms with E-state index in [4.69, 9.17) is 6.57 Å². The van der Waals surface area contributed by atoms with Crippen molar-refractivity contribution in [3.63, 3.8) is 0 Å². The van der Waals surface area contributed by atoms with E-state index in [9.17, 15) is 4.79 Å². The van der Waals surface area contributed by atoms with Gasteiger partial charge in [-0.3, -0.25) is 14.9 Å². The number of carbonyl (C=O) groups is 1. The van der Waals surface area contributed by atoms with Gasteiger partial charge in [0.05, 0.1) is 12.3 Å². The molecule has 36 heavy (non-hydrogen) atoms. The van der Waals surface area contributed by atoms with Gasteiger partial charge in [0.2, 0.25) is 5.69 Å². The lowest BCUT2D eigenvalue weighted by Crippen LogP contribution is -2.39. The molecule has 0 saturated carbocycles. The Kier molecular flexibility index (Phi) is 6.97. The zero-order valence-electron chi connectivity index (χ0n) is 19.8. The minimum atomic E-state index is -0.191. The predicted octanol–water partition coefficient (Wildman–Crippen LogP) is 5.76. The lowest BCUT2D eigenvalue weighted by Gasteiger charge is -2.17. The second kappa shape index (κ2) is 10.8. The van der Waals surface area contributed by atoms with Gasteiger partial charge in [0.15, 0.2) is 0 Å². The fourth-order valence-corrected chi connectivity index (χ4v) is 4.49. The number of urea groups is 1. The van der Waals surface area contributed by atoms with Crippen molar-refractivity contribution in [3.05, 3.63) is 108 Å². The average Bonchev–Trinajstić information content (AvgIpc) is 3.36. The number of pyridine rings is 2. The molecule has 2 amide bonds. The molecular weight excluding hydrogens is 448 g/mol. The van der Waals surface area contributed by atoms with Crippen LogP contribution in [0.2, 0.25) is 0 Å². The first-order valence-corrected chi connectivity index (χ1v) is 11.9. The van der Waals surface area contributed by atoms with Gasteiger partial charge in [-0.05, 0) is 41.3 Å². The van der Waals surface area contributed by atoms with Gasteiger partial charge in [-0.15, -0.1) is 0 Å². The van der Waals surface area contributed by atoms with Crippen LogP contribution in [0.1, 0.15) is 12.0 Å². The van der Waals surface area contributed by atoms with E-state index in [2.05, 4.69) is 54.6 Å². The van der Waals surface area contributed by atoms with E-state index < -0.39 is 0 Å². The Morgan fingerprint density at radius 2 is 1.81 bits per heavy atom. The molecule has 2 N–H and O–H groups in total. The first-order chi connectivity index (χ1) is 17.7. The van der Waals surface area contributed by atoms with Crippen molar-refractivity contribution in [2.24, 2.45) is 0 Å². The zero-order chi connectivity index (χ0) is 24.7. The Labute approximate surface area is 210 Å². The van der Waals surface area contributed by atoms with Gasteiger partial charge in [0, 0.05) is 55.5 Å². The molecule has 0 bridgehead atoms. The van der Waals surface area contributed by atoms with E-state index in [0.717, 1.165) is 54.1 Å². The molecule has 4 aromatic rings. The molecule has 1 atom stereocenters. The van der Waals surface area contributed by atoms with Crippen molar-refractivity contribution < 1.29 is 4.79 Å². The maximum atomic E-state index is 12.3. The second-order valence-electron chi connectivity index (χ2n) is 8.82. The molecule has 1 saturated heterocycles. The third-order valence-corrected chi connectivity index (χ3v) is 6.27. The van der Waals surface area contributed by atoms with E-state index in [1.165, 1.54) is 5.56 Å². The lowest BCUT2D eigenvalue weighted by atomic mass is 9.98. The molecule has 1 aliphatic heterocycles. The lowest BCUT2D eigenvalue weighted by molar-refractivity contribution is 0.247. The molecule has 178 valence electrons. The Morgan fingerprint density at radius 1 is 1.03 bits per heavy atom. The van der Waals surface area contributed by atoms with Crippen LogP contribution in [-0.4, -0.2) is 40.0 Å². The largest absolute Gasteiger partial charge is 0.334 e. The fourth-order valence-electron chi connectivity index (χ4n) is 4.49. The highest BCUT2D eigenvalue weighted by Crippen LogP contribution is 2.33. The minimum Gasteiger partial charge on any atom is -0.334 e. The first-order valence-electron chi connectivity index (χ1n) is 11.9. The van der Waals surface area contributed by atoms with Gasteiger partial charge in [-0.1, -0.05) is 54.6 Å². The molecule has 2 aromatic heterocycles. The molecule has 0 radical (unpaired) electrons. The molecule has 7 nitrogen and oxygen atoms in total. The Bertz CT molecular complexity index is 1370. The van der Waals surface area contributed by atoms with Crippen LogP contribution in [0.3, 0.4) is 0 Å². The molecule has 2 aromatic carbocycles. The number of hydrogen-bond acceptors (Lipinski definition) is 4. The topological polar surface area (TPSA) is 74.5 Å². The van der Waals surface area contributed by atoms with Crippen molar-refractivity contribution in [1.82, 2.24) is 20.2 Å². The van der Waals surface area contributed by atoms with Crippen molar-refractivity contribution in [1.29, 1.82) is 0 Å². The molecule has 0 aliphatic carbocycles. The van der Waals surface area contributed by atoms with Crippen molar-refractivity contribution in [2.75, 3.05) is 18.4 Å². The zero-order valence-corrected chi connectivity index (χ0v) is 19.8. The smallest absolute Gasteiger partial charge is 0.319 e. The Balaban J connectivity index is 1.22. The van der Waals surface area contributed by atoms with Gasteiger partial charge in [-0.2, -0.15) is 0 Å². The van der Waals surface area contributed by atoms with Crippen LogP contribution in [0, 0.1) is 6.57 Å². The first kappa shape index (κ1) is 23.2. The minimum absolute atomic E-state index is 0.115. The molecule has 1 fully saturated rings. The normalized spacial score (nSPS) is 15.2. The van der Waals surface area contributed by atoms with Crippen molar-refractivity contribution >= 4 is 17.4 Å². The summed E-state index contributed by atoms with van der Waals surface area (Å²) in [6, 6.07) is 23.9. The summed E-state index contributed by atoms with van der Waals surface area (Å²) in [5.41, 5.74) is 6.34. The van der Waals surface area contributed by atoms with Crippen LogP contribution >= 0.6 is 0 Å². The number of carbonyl (C=O) groups excluding carboxylic acids is 1. The summed E-state index contributed by atoms with van der Waals surface area (Å²) in [6.07, 6.45) is 5.85. The Morgan fingerprint density at radius 3 is 2.56 bits per heavy atom. The number of hydrogen-bond donors (Lipinski definition) is 2. The SMILES string of the molecule is [C-]#[N+]c1cnc(-c2ccc(CN3CC[C@@H](NC(=O)Nc4ccncc4)C3)cc2)c(-c2ccccc2)c1. The number of nitrogens with zero attached hydrogens (tertiary/aromatic N) is 4. The molecule has 1 aliphatic rings. The van der Waals surface area contributed by atoms with Crippen LogP contribution in [0.4, 0.5) is 16.2 Å². The van der Waals surface area contributed by atoms with Gasteiger partial charge < -0.3 is 10.6 Å². The summed E-state index contributed by atoms with van der Waals surface area (Å²) in [6.45, 7) is 9.93. The van der Waals surface area contributed by atoms with E-state index in [-0.39, 0.29) is 12.1 Å². The molecule has 0 spiro atoms. The number of benzene rings is 2. The molecule has 3 heterocycles. The Hall–Kier alpha value is -4.54. The maximum absolute atomic E-state index is 12.3. The third kappa shape index (κ3) is 5.57. The standard InChI is InChI=1S/C29H26N6O/c1-30-26-17-27(22-5-3-2-4-6-22)28(32-18-26)23-9-7-21(8-10-23)19-35-16-13-25(20-35)34-29(36)33-24-11-14-31-15-12-24/h2-12,14-15,17-18,25H,13,16,19-20H2,(H2,31,33,34,36)/t25-/m1/s1. The third-order valence-electron chi connectivity index (χ3n) is 6.27. The number of nitrogens with one attached hydrogen (secondary N) is 2. The van der Waals surface area contributed by atoms with E-state index in [0.29, 0.717) is 5.69 Å². The predicted molar refractivity (Wildman–Crippen MR) is 141 cm³/mol. The monoisotopic (exact) mass is 474 g/mol. The number of likely N-dealkylation sites (tertiary alicyclic amines) is 1. The summed E-state index contributed by atoms with van der Waals surface area (Å²) >= 11 is 0. The van der Waals surface area contributed by atoms with Gasteiger partial charge in [0.1, 0.15) is 0 Å². The highest BCUT2D eigenvalue weighted by Gasteiger charge is 2.24. The maximum Gasteiger partial charge on any atom is 0.319 e. The number of amides is 2. The van der Waals surface area contributed by atoms with E-state index in [1.807, 2.05) is 36.4 Å². The number of anilines is 1. The quantitative estimate of drug-likeness (QED) is 0.349. The van der Waals surface area contributed by atoms with Gasteiger partial charge in [0.25, 0.3) is 0 Å². The average molecular weight is 475 g/mol. The summed E-state index contributed by atoms with van der Waals surface area (Å²) in [5, 5.41) is 5.91. The fraction of sp³-hybridized carbons (Fsp3) is 0.172. The van der Waals surface area contributed by atoms with Gasteiger partial charge >= 0.3 is 6.03 Å². The number of aromatic nitrogens is 2. The van der Waals surface area contributed by atoms with Crippen LogP contribution in [-0.2, 0) is 6.54 Å². The van der Waals surface area contributed by atoms with E-state index >= 15 is 0 Å². The van der Waals surface area contributed by atoms with E-state index in [1.54, 1.807) is 30.7 Å². The summed E-state index contributed by atoms with van der Waals surface area (Å²) < 4.78 is 0. The second-order valence-corrected chi connectivity index (χ2v) is 8.82. The summed E-state index contributed by atoms with van der Waals surface area (Å²) in [7, 11) is 0. The molecule has 5 rings (SSSR count). The van der Waals surface area contributed by atoms with Crippen LogP contribution in [0.25, 0.3) is 27.2 Å². The molecule has 0 unspecified atom stereocenters. The summed E-state index contributed by atoms with van der Waals surface area (Å²) in [5.74, 6) is 0. The van der Waals surface area contributed by atoms with Crippen LogP contribution in [0.15, 0.2) is 91.4 Å². The molecule has 7 heteroatoms. The molecular formula is C29H26N6O. The van der Waals surface area contributed by atoms with Crippen LogP contribution in [0.5, 0.6) is 0 Å². The van der Waals surface area contributed by atoms with Crippen molar-refractivity contribution in [2.45, 2.75) is 19.0 Å². The van der Waals surface area contributed by atoms with Crippen molar-refractivity contribution in [3.8, 4) is 22.4 Å². The van der Waals surface area contributed by atoms with Gasteiger partial charge in [-0.25, -0.2) is 9.64 Å². The summed E-state index contributed by atoms with van der Waals surface area (Å²) in [4.78, 5) is 26.8. The number of rotatable bonds is 6. The highest BCUT2D eigenvalue weighted by atomic mass is 16.2. The van der Waals surface area contributed by atoms with Crippen LogP contribution < -0.4 is 10.6 Å².